The zero-order chi connectivity index (χ0) is 17.2. The molecule has 1 unspecified atom stereocenters. The average Bonchev–Trinajstić information content (AvgIpc) is 3.17. The maximum Gasteiger partial charge on any atom is 0.308 e. The molecule has 3 aliphatic heterocycles. The SMILES string of the molecule is C[C@H]1CCN1c1nc(N2CC3(C2)SCCC3C(=O)O)c2ccsc2n1. The van der Waals surface area contributed by atoms with Gasteiger partial charge in [0.15, 0.2) is 0 Å². The summed E-state index contributed by atoms with van der Waals surface area (Å²) in [5.74, 6) is 1.85. The Labute approximate surface area is 154 Å². The lowest BCUT2D eigenvalue weighted by Gasteiger charge is -2.50. The van der Waals surface area contributed by atoms with Crippen LogP contribution in [0.15, 0.2) is 11.4 Å². The van der Waals surface area contributed by atoms with Crippen molar-refractivity contribution < 1.29 is 9.90 Å². The summed E-state index contributed by atoms with van der Waals surface area (Å²) in [6.07, 6.45) is 1.97. The van der Waals surface area contributed by atoms with Gasteiger partial charge in [0.1, 0.15) is 10.6 Å². The Kier molecular flexibility index (Phi) is 3.44. The Balaban J connectivity index is 1.47. The molecule has 3 aliphatic rings. The second-order valence-electron chi connectivity index (χ2n) is 7.27. The number of carbonyl (C=O) groups is 1. The average molecular weight is 377 g/mol. The lowest BCUT2D eigenvalue weighted by molar-refractivity contribution is -0.143. The summed E-state index contributed by atoms with van der Waals surface area (Å²) in [6, 6.07) is 2.58. The number of fused-ring (bicyclic) bond motifs is 1. The zero-order valence-corrected chi connectivity index (χ0v) is 15.6. The van der Waals surface area contributed by atoms with Crippen molar-refractivity contribution in [1.82, 2.24) is 9.97 Å². The third-order valence-electron chi connectivity index (χ3n) is 5.82. The summed E-state index contributed by atoms with van der Waals surface area (Å²) in [4.78, 5) is 26.7. The maximum atomic E-state index is 11.6. The number of thiophene rings is 1. The van der Waals surface area contributed by atoms with E-state index in [0.29, 0.717) is 6.04 Å². The summed E-state index contributed by atoms with van der Waals surface area (Å²) in [7, 11) is 0. The minimum atomic E-state index is -0.650. The molecule has 25 heavy (non-hydrogen) atoms. The molecule has 3 saturated heterocycles. The van der Waals surface area contributed by atoms with Crippen molar-refractivity contribution in [1.29, 1.82) is 0 Å². The second kappa shape index (κ2) is 5.48. The van der Waals surface area contributed by atoms with E-state index in [0.717, 1.165) is 53.8 Å². The molecule has 0 amide bonds. The van der Waals surface area contributed by atoms with Crippen molar-refractivity contribution in [3.63, 3.8) is 0 Å². The third-order valence-corrected chi connectivity index (χ3v) is 8.18. The van der Waals surface area contributed by atoms with Gasteiger partial charge in [-0.15, -0.1) is 11.3 Å². The normalized spacial score (nSPS) is 27.6. The number of thioether (sulfide) groups is 1. The minimum Gasteiger partial charge on any atom is -0.481 e. The van der Waals surface area contributed by atoms with Crippen LogP contribution in [-0.4, -0.2) is 57.2 Å². The van der Waals surface area contributed by atoms with Crippen molar-refractivity contribution in [2.45, 2.75) is 30.6 Å². The van der Waals surface area contributed by atoms with Crippen LogP contribution in [0.25, 0.3) is 10.2 Å². The topological polar surface area (TPSA) is 69.6 Å². The monoisotopic (exact) mass is 376 g/mol. The van der Waals surface area contributed by atoms with Gasteiger partial charge in [0.05, 0.1) is 16.1 Å². The van der Waals surface area contributed by atoms with Crippen LogP contribution in [0.5, 0.6) is 0 Å². The Morgan fingerprint density at radius 1 is 1.36 bits per heavy atom. The molecule has 5 rings (SSSR count). The van der Waals surface area contributed by atoms with Crippen LogP contribution < -0.4 is 9.80 Å². The molecule has 0 aliphatic carbocycles. The molecular formula is C17H20N4O2S2. The first-order valence-corrected chi connectivity index (χ1v) is 10.6. The molecule has 2 atom stereocenters. The van der Waals surface area contributed by atoms with Gasteiger partial charge in [-0.3, -0.25) is 4.79 Å². The summed E-state index contributed by atoms with van der Waals surface area (Å²) >= 11 is 3.47. The van der Waals surface area contributed by atoms with Crippen LogP contribution in [0.3, 0.4) is 0 Å². The highest BCUT2D eigenvalue weighted by atomic mass is 32.2. The fourth-order valence-electron chi connectivity index (χ4n) is 4.17. The van der Waals surface area contributed by atoms with E-state index in [4.69, 9.17) is 9.97 Å². The van der Waals surface area contributed by atoms with E-state index in [9.17, 15) is 9.90 Å². The number of nitrogens with zero attached hydrogens (tertiary/aromatic N) is 4. The Bertz CT molecular complexity index is 848. The molecule has 5 heterocycles. The molecular weight excluding hydrogens is 356 g/mol. The molecule has 2 aromatic heterocycles. The first kappa shape index (κ1) is 15.7. The van der Waals surface area contributed by atoms with Gasteiger partial charge >= 0.3 is 5.97 Å². The summed E-state index contributed by atoms with van der Waals surface area (Å²) < 4.78 is -0.136. The smallest absolute Gasteiger partial charge is 0.308 e. The zero-order valence-electron chi connectivity index (χ0n) is 14.0. The predicted molar refractivity (Wildman–Crippen MR) is 102 cm³/mol. The minimum absolute atomic E-state index is 0.136. The van der Waals surface area contributed by atoms with Gasteiger partial charge < -0.3 is 14.9 Å². The maximum absolute atomic E-state index is 11.6. The van der Waals surface area contributed by atoms with Crippen LogP contribution in [0.4, 0.5) is 11.8 Å². The van der Waals surface area contributed by atoms with Gasteiger partial charge in [0.2, 0.25) is 5.95 Å². The van der Waals surface area contributed by atoms with Crippen molar-refractivity contribution in [3.8, 4) is 0 Å². The predicted octanol–water partition coefficient (Wildman–Crippen LogP) is 2.69. The molecule has 2 aromatic rings. The highest BCUT2D eigenvalue weighted by Crippen LogP contribution is 2.51. The number of hydrogen-bond acceptors (Lipinski definition) is 7. The van der Waals surface area contributed by atoms with E-state index < -0.39 is 5.97 Å². The first-order valence-electron chi connectivity index (χ1n) is 8.71. The Morgan fingerprint density at radius 3 is 2.88 bits per heavy atom. The van der Waals surface area contributed by atoms with Gasteiger partial charge in [0.25, 0.3) is 0 Å². The van der Waals surface area contributed by atoms with Crippen molar-refractivity contribution >= 4 is 51.1 Å². The molecule has 1 N–H and O–H groups in total. The lowest BCUT2D eigenvalue weighted by Crippen LogP contribution is -2.63. The van der Waals surface area contributed by atoms with Gasteiger partial charge in [-0.05, 0) is 37.0 Å². The number of hydrogen-bond donors (Lipinski definition) is 1. The van der Waals surface area contributed by atoms with Crippen LogP contribution in [0, 0.1) is 5.92 Å². The Hall–Kier alpha value is -1.54. The highest BCUT2D eigenvalue weighted by molar-refractivity contribution is 8.01. The third kappa shape index (κ3) is 2.26. The summed E-state index contributed by atoms with van der Waals surface area (Å²) in [5.41, 5.74) is 0. The molecule has 8 heteroatoms. The fraction of sp³-hybridized carbons (Fsp3) is 0.588. The van der Waals surface area contributed by atoms with Crippen molar-refractivity contribution in [3.05, 3.63) is 11.4 Å². The summed E-state index contributed by atoms with van der Waals surface area (Å²) in [5, 5.41) is 12.7. The van der Waals surface area contributed by atoms with Crippen LogP contribution in [0.1, 0.15) is 19.8 Å². The van der Waals surface area contributed by atoms with E-state index in [2.05, 4.69) is 28.2 Å². The van der Waals surface area contributed by atoms with E-state index in [1.807, 2.05) is 11.8 Å². The largest absolute Gasteiger partial charge is 0.481 e. The van der Waals surface area contributed by atoms with Crippen LogP contribution in [-0.2, 0) is 4.79 Å². The highest BCUT2D eigenvalue weighted by Gasteiger charge is 2.56. The summed E-state index contributed by atoms with van der Waals surface area (Å²) in [6.45, 7) is 4.76. The van der Waals surface area contributed by atoms with E-state index in [-0.39, 0.29) is 10.7 Å². The number of aromatic nitrogens is 2. The van der Waals surface area contributed by atoms with Crippen LogP contribution >= 0.6 is 23.1 Å². The van der Waals surface area contributed by atoms with Crippen molar-refractivity contribution in [2.24, 2.45) is 5.92 Å². The number of rotatable bonds is 3. The van der Waals surface area contributed by atoms with Crippen LogP contribution in [0.2, 0.25) is 0 Å². The fourth-order valence-corrected chi connectivity index (χ4v) is 6.59. The van der Waals surface area contributed by atoms with E-state index >= 15 is 0 Å². The molecule has 132 valence electrons. The number of anilines is 2. The molecule has 0 saturated carbocycles. The number of carboxylic acid groups (broad SMARTS) is 1. The van der Waals surface area contributed by atoms with Gasteiger partial charge in [-0.1, -0.05) is 0 Å². The quantitative estimate of drug-likeness (QED) is 0.883. The first-order chi connectivity index (χ1) is 12.1. The molecule has 6 nitrogen and oxygen atoms in total. The van der Waals surface area contributed by atoms with Crippen molar-refractivity contribution in [2.75, 3.05) is 35.2 Å². The Morgan fingerprint density at radius 2 is 2.20 bits per heavy atom. The van der Waals surface area contributed by atoms with E-state index in [1.165, 1.54) is 6.42 Å². The van der Waals surface area contributed by atoms with Gasteiger partial charge in [-0.2, -0.15) is 16.7 Å². The number of carboxylic acids is 1. The standard InChI is InChI=1S/C17H20N4O2S2/c1-10-2-5-21(10)16-18-13(11-3-6-24-14(11)19-16)20-8-17(9-20)12(15(22)23)4-7-25-17/h3,6,10,12H,2,4-5,7-9H2,1H3,(H,22,23)/t10-,12?/m0/s1. The van der Waals surface area contributed by atoms with Gasteiger partial charge in [0, 0.05) is 25.7 Å². The number of aliphatic carboxylic acids is 1. The second-order valence-corrected chi connectivity index (χ2v) is 9.67. The lowest BCUT2D eigenvalue weighted by atomic mass is 9.83. The molecule has 1 spiro atoms. The molecule has 3 fully saturated rings. The molecule has 0 radical (unpaired) electrons. The molecule has 0 aromatic carbocycles. The van der Waals surface area contributed by atoms with Gasteiger partial charge in [-0.25, -0.2) is 4.98 Å². The molecule has 0 bridgehead atoms. The van der Waals surface area contributed by atoms with E-state index in [1.54, 1.807) is 11.3 Å².